The Balaban J connectivity index is 2.13. The summed E-state index contributed by atoms with van der Waals surface area (Å²) in [6.45, 7) is 0. The molecule has 0 saturated heterocycles. The van der Waals surface area contributed by atoms with Gasteiger partial charge in [0.2, 0.25) is 0 Å². The number of amides is 1. The Labute approximate surface area is 112 Å². The first kappa shape index (κ1) is 13.7. The quantitative estimate of drug-likeness (QED) is 0.719. The molecule has 104 valence electrons. The topological polar surface area (TPSA) is 84.6 Å². The summed E-state index contributed by atoms with van der Waals surface area (Å²) < 4.78 is 5.16. The Morgan fingerprint density at radius 2 is 2.16 bits per heavy atom. The number of carbonyl (C=O) groups excluding carboxylic acids is 1. The highest BCUT2D eigenvalue weighted by atomic mass is 16.5. The van der Waals surface area contributed by atoms with Crippen LogP contribution in [0.4, 0.5) is 5.69 Å². The van der Waals surface area contributed by atoms with E-state index in [2.05, 4.69) is 5.32 Å². The molecule has 2 rings (SSSR count). The van der Waals surface area contributed by atoms with Crippen LogP contribution in [0.15, 0.2) is 18.2 Å². The van der Waals surface area contributed by atoms with E-state index in [0.717, 1.165) is 25.7 Å². The monoisotopic (exact) mass is 264 g/mol. The highest BCUT2D eigenvalue weighted by molar-refractivity contribution is 5.98. The molecule has 1 aliphatic rings. The normalized spacial score (nSPS) is 22.8. The van der Waals surface area contributed by atoms with Crippen molar-refractivity contribution in [2.24, 2.45) is 0 Å². The SMILES string of the molecule is COc1ccc(N)cc1C(=O)N[C@H]1CCCC[C@@H]1O. The van der Waals surface area contributed by atoms with Crippen LogP contribution in [0.3, 0.4) is 0 Å². The summed E-state index contributed by atoms with van der Waals surface area (Å²) in [5.74, 6) is 0.229. The van der Waals surface area contributed by atoms with Gasteiger partial charge in [0, 0.05) is 5.69 Å². The lowest BCUT2D eigenvalue weighted by Gasteiger charge is -2.28. The van der Waals surface area contributed by atoms with Crippen molar-refractivity contribution in [1.29, 1.82) is 0 Å². The average Bonchev–Trinajstić information content (AvgIpc) is 2.41. The lowest BCUT2D eigenvalue weighted by atomic mass is 9.92. The summed E-state index contributed by atoms with van der Waals surface area (Å²) in [5, 5.41) is 12.7. The highest BCUT2D eigenvalue weighted by Gasteiger charge is 2.25. The molecule has 2 atom stereocenters. The van der Waals surface area contributed by atoms with Crippen LogP contribution in [0.2, 0.25) is 0 Å². The predicted octanol–water partition coefficient (Wildman–Crippen LogP) is 1.31. The van der Waals surface area contributed by atoms with E-state index >= 15 is 0 Å². The number of aliphatic hydroxyl groups excluding tert-OH is 1. The van der Waals surface area contributed by atoms with Crippen LogP contribution in [0, 0.1) is 0 Å². The van der Waals surface area contributed by atoms with Gasteiger partial charge in [-0.25, -0.2) is 0 Å². The lowest BCUT2D eigenvalue weighted by Crippen LogP contribution is -2.45. The van der Waals surface area contributed by atoms with Crippen molar-refractivity contribution in [3.8, 4) is 5.75 Å². The maximum absolute atomic E-state index is 12.2. The van der Waals surface area contributed by atoms with Crippen molar-refractivity contribution >= 4 is 11.6 Å². The predicted molar refractivity (Wildman–Crippen MR) is 73.1 cm³/mol. The fraction of sp³-hybridized carbons (Fsp3) is 0.500. The van der Waals surface area contributed by atoms with Crippen molar-refractivity contribution in [1.82, 2.24) is 5.32 Å². The van der Waals surface area contributed by atoms with E-state index in [1.807, 2.05) is 0 Å². The number of nitrogens with two attached hydrogens (primary N) is 1. The van der Waals surface area contributed by atoms with Crippen molar-refractivity contribution in [2.45, 2.75) is 37.8 Å². The Morgan fingerprint density at radius 3 is 2.84 bits per heavy atom. The number of benzene rings is 1. The molecule has 5 nitrogen and oxygen atoms in total. The van der Waals surface area contributed by atoms with Crippen LogP contribution in [0.1, 0.15) is 36.0 Å². The molecular weight excluding hydrogens is 244 g/mol. The van der Waals surface area contributed by atoms with Gasteiger partial charge in [-0.2, -0.15) is 0 Å². The minimum atomic E-state index is -0.468. The molecule has 0 heterocycles. The number of methoxy groups -OCH3 is 1. The van der Waals surface area contributed by atoms with Gasteiger partial charge in [0.15, 0.2) is 0 Å². The van der Waals surface area contributed by atoms with Gasteiger partial charge in [-0.1, -0.05) is 12.8 Å². The largest absolute Gasteiger partial charge is 0.496 e. The first-order valence-corrected chi connectivity index (χ1v) is 6.54. The zero-order chi connectivity index (χ0) is 13.8. The van der Waals surface area contributed by atoms with Gasteiger partial charge in [-0.05, 0) is 31.0 Å². The standard InChI is InChI=1S/C14H20N2O3/c1-19-13-7-6-9(15)8-10(13)14(18)16-11-4-2-3-5-12(11)17/h6-8,11-12,17H,2-5,15H2,1H3,(H,16,18)/t11-,12-/m0/s1. The molecule has 1 saturated carbocycles. The zero-order valence-electron chi connectivity index (χ0n) is 11.1. The molecule has 0 spiro atoms. The molecule has 1 amide bonds. The van der Waals surface area contributed by atoms with Crippen molar-refractivity contribution in [3.05, 3.63) is 23.8 Å². The van der Waals surface area contributed by atoms with Crippen LogP contribution < -0.4 is 15.8 Å². The van der Waals surface area contributed by atoms with E-state index in [1.165, 1.54) is 7.11 Å². The summed E-state index contributed by atoms with van der Waals surface area (Å²) in [6, 6.07) is 4.75. The van der Waals surface area contributed by atoms with Crippen molar-refractivity contribution < 1.29 is 14.6 Å². The van der Waals surface area contributed by atoms with Crippen molar-refractivity contribution in [2.75, 3.05) is 12.8 Å². The molecule has 4 N–H and O–H groups in total. The van der Waals surface area contributed by atoms with Crippen LogP contribution in [-0.2, 0) is 0 Å². The first-order valence-electron chi connectivity index (χ1n) is 6.54. The minimum Gasteiger partial charge on any atom is -0.496 e. The molecule has 5 heteroatoms. The van der Waals surface area contributed by atoms with Gasteiger partial charge in [0.25, 0.3) is 5.91 Å². The van der Waals surface area contributed by atoms with Gasteiger partial charge in [-0.3, -0.25) is 4.79 Å². The van der Waals surface area contributed by atoms with Gasteiger partial charge in [0.05, 0.1) is 24.8 Å². The summed E-state index contributed by atoms with van der Waals surface area (Å²) in [5.41, 5.74) is 6.61. The average molecular weight is 264 g/mol. The van der Waals surface area contributed by atoms with Gasteiger partial charge >= 0.3 is 0 Å². The van der Waals surface area contributed by atoms with Crippen molar-refractivity contribution in [3.63, 3.8) is 0 Å². The minimum absolute atomic E-state index is 0.188. The second kappa shape index (κ2) is 5.93. The number of ether oxygens (including phenoxy) is 1. The van der Waals surface area contributed by atoms with E-state index in [0.29, 0.717) is 17.0 Å². The molecule has 0 bridgehead atoms. The molecule has 1 aromatic rings. The zero-order valence-corrected chi connectivity index (χ0v) is 11.1. The molecule has 0 unspecified atom stereocenters. The molecular formula is C14H20N2O3. The number of nitrogens with one attached hydrogen (secondary N) is 1. The summed E-state index contributed by atoms with van der Waals surface area (Å²) >= 11 is 0. The summed E-state index contributed by atoms with van der Waals surface area (Å²) in [4.78, 5) is 12.2. The molecule has 1 aliphatic carbocycles. The third-order valence-electron chi connectivity index (χ3n) is 3.51. The maximum atomic E-state index is 12.2. The first-order chi connectivity index (χ1) is 9.11. The van der Waals surface area contributed by atoms with E-state index in [1.54, 1.807) is 18.2 Å². The molecule has 19 heavy (non-hydrogen) atoms. The number of carbonyl (C=O) groups is 1. The molecule has 1 fully saturated rings. The number of rotatable bonds is 3. The Hall–Kier alpha value is -1.75. The van der Waals surface area contributed by atoms with Crippen LogP contribution in [0.5, 0.6) is 5.75 Å². The van der Waals surface area contributed by atoms with E-state index in [9.17, 15) is 9.90 Å². The molecule has 1 aromatic carbocycles. The number of aliphatic hydroxyl groups is 1. The highest BCUT2D eigenvalue weighted by Crippen LogP contribution is 2.23. The van der Waals surface area contributed by atoms with Crippen LogP contribution in [-0.4, -0.2) is 30.3 Å². The van der Waals surface area contributed by atoms with Crippen LogP contribution >= 0.6 is 0 Å². The summed E-state index contributed by atoms with van der Waals surface area (Å²) in [7, 11) is 1.51. The van der Waals surface area contributed by atoms with Gasteiger partial charge < -0.3 is 20.9 Å². The molecule has 0 aliphatic heterocycles. The fourth-order valence-corrected chi connectivity index (χ4v) is 2.43. The van der Waals surface area contributed by atoms with E-state index in [4.69, 9.17) is 10.5 Å². The van der Waals surface area contributed by atoms with E-state index < -0.39 is 6.10 Å². The Morgan fingerprint density at radius 1 is 1.42 bits per heavy atom. The number of nitrogen functional groups attached to an aromatic ring is 1. The number of anilines is 1. The fourth-order valence-electron chi connectivity index (χ4n) is 2.43. The van der Waals surface area contributed by atoms with Gasteiger partial charge in [0.1, 0.15) is 5.75 Å². The number of hydrogen-bond acceptors (Lipinski definition) is 4. The van der Waals surface area contributed by atoms with Crippen LogP contribution in [0.25, 0.3) is 0 Å². The second-order valence-electron chi connectivity index (χ2n) is 4.89. The Bertz CT molecular complexity index is 462. The van der Waals surface area contributed by atoms with E-state index in [-0.39, 0.29) is 11.9 Å². The Kier molecular flexibility index (Phi) is 4.27. The molecule has 0 aromatic heterocycles. The number of hydrogen-bond donors (Lipinski definition) is 3. The molecule has 0 radical (unpaired) electrons. The lowest BCUT2D eigenvalue weighted by molar-refractivity contribution is 0.0715. The smallest absolute Gasteiger partial charge is 0.255 e. The summed E-state index contributed by atoms with van der Waals surface area (Å²) in [6.07, 6.45) is 3.10. The third kappa shape index (κ3) is 3.17. The third-order valence-corrected chi connectivity index (χ3v) is 3.51. The second-order valence-corrected chi connectivity index (χ2v) is 4.89. The van der Waals surface area contributed by atoms with Gasteiger partial charge in [-0.15, -0.1) is 0 Å². The maximum Gasteiger partial charge on any atom is 0.255 e.